The molecule has 0 spiro atoms. The smallest absolute Gasteiger partial charge is 0.0159 e. The first-order valence-electron chi connectivity index (χ1n) is 8.31. The van der Waals surface area contributed by atoms with Crippen molar-refractivity contribution in [3.63, 3.8) is 0 Å². The molecule has 0 saturated carbocycles. The molecule has 1 aliphatic rings. The van der Waals surface area contributed by atoms with Crippen LogP contribution in [0, 0.1) is 13.8 Å². The van der Waals surface area contributed by atoms with Crippen molar-refractivity contribution in [2.75, 3.05) is 0 Å². The van der Waals surface area contributed by atoms with Gasteiger partial charge in [0.05, 0.1) is 0 Å². The van der Waals surface area contributed by atoms with Crippen LogP contribution in [0.2, 0.25) is 0 Å². The van der Waals surface area contributed by atoms with Crippen LogP contribution in [0.5, 0.6) is 0 Å². The second-order valence-electron chi connectivity index (χ2n) is 7.20. The van der Waals surface area contributed by atoms with Crippen molar-refractivity contribution in [2.24, 2.45) is 0 Å². The van der Waals surface area contributed by atoms with Crippen LogP contribution in [0.4, 0.5) is 0 Å². The number of aryl methyl sites for hydroxylation is 2. The topological polar surface area (TPSA) is 0 Å². The predicted molar refractivity (Wildman–Crippen MR) is 98.9 cm³/mol. The lowest BCUT2D eigenvalue weighted by atomic mass is 9.81. The average molecular weight is 298 g/mol. The zero-order valence-corrected chi connectivity index (χ0v) is 14.3. The Morgan fingerprint density at radius 3 is 1.96 bits per heavy atom. The molecule has 4 rings (SSSR count). The molecule has 114 valence electrons. The summed E-state index contributed by atoms with van der Waals surface area (Å²) < 4.78 is 0. The Bertz CT molecular complexity index is 913. The fourth-order valence-corrected chi connectivity index (χ4v) is 4.02. The first kappa shape index (κ1) is 14.3. The molecule has 3 aromatic rings. The Morgan fingerprint density at radius 1 is 0.565 bits per heavy atom. The second kappa shape index (κ2) is 4.83. The van der Waals surface area contributed by atoms with Crippen LogP contribution in [0.15, 0.2) is 60.7 Å². The lowest BCUT2D eigenvalue weighted by molar-refractivity contribution is 0.660. The van der Waals surface area contributed by atoms with E-state index in [4.69, 9.17) is 0 Å². The molecule has 1 aliphatic carbocycles. The van der Waals surface area contributed by atoms with Gasteiger partial charge in [0.1, 0.15) is 0 Å². The largest absolute Gasteiger partial charge is 0.0620 e. The minimum Gasteiger partial charge on any atom is -0.0620 e. The van der Waals surface area contributed by atoms with E-state index in [9.17, 15) is 0 Å². The molecule has 0 fully saturated rings. The van der Waals surface area contributed by atoms with Gasteiger partial charge >= 0.3 is 0 Å². The van der Waals surface area contributed by atoms with E-state index >= 15 is 0 Å². The number of hydrogen-bond donors (Lipinski definition) is 0. The summed E-state index contributed by atoms with van der Waals surface area (Å²) in [4.78, 5) is 0. The molecule has 0 radical (unpaired) electrons. The average Bonchev–Trinajstić information content (AvgIpc) is 2.76. The maximum atomic E-state index is 2.42. The molecular weight excluding hydrogens is 276 g/mol. The van der Waals surface area contributed by atoms with E-state index in [1.807, 2.05) is 0 Å². The summed E-state index contributed by atoms with van der Waals surface area (Å²) in [6, 6.07) is 22.3. The number of benzene rings is 3. The van der Waals surface area contributed by atoms with Crippen LogP contribution in [0.1, 0.15) is 36.1 Å². The quantitative estimate of drug-likeness (QED) is 0.496. The lowest BCUT2D eigenvalue weighted by Crippen LogP contribution is -2.15. The maximum Gasteiger partial charge on any atom is 0.0159 e. The van der Waals surface area contributed by atoms with E-state index in [2.05, 4.69) is 88.4 Å². The van der Waals surface area contributed by atoms with E-state index in [-0.39, 0.29) is 5.41 Å². The normalized spacial score (nSPS) is 14.4. The fourth-order valence-electron chi connectivity index (χ4n) is 4.02. The summed E-state index contributed by atoms with van der Waals surface area (Å²) in [5.41, 5.74) is 11.2. The molecule has 0 amide bonds. The van der Waals surface area contributed by atoms with Crippen molar-refractivity contribution in [1.82, 2.24) is 0 Å². The third-order valence-corrected chi connectivity index (χ3v) is 5.36. The number of rotatable bonds is 1. The molecule has 0 aliphatic heterocycles. The highest BCUT2D eigenvalue weighted by Gasteiger charge is 2.35. The Hall–Kier alpha value is -2.34. The van der Waals surface area contributed by atoms with Gasteiger partial charge in [0, 0.05) is 5.41 Å². The van der Waals surface area contributed by atoms with Crippen LogP contribution >= 0.6 is 0 Å². The molecule has 3 aromatic carbocycles. The van der Waals surface area contributed by atoms with Crippen LogP contribution in [0.3, 0.4) is 0 Å². The predicted octanol–water partition coefficient (Wildman–Crippen LogP) is 6.28. The SMILES string of the molecule is Cc1ccccc1-c1cc2c(cc1C)-c1ccccc1C2(C)C. The van der Waals surface area contributed by atoms with Gasteiger partial charge < -0.3 is 0 Å². The van der Waals surface area contributed by atoms with Crippen molar-refractivity contribution in [2.45, 2.75) is 33.1 Å². The molecule has 0 aromatic heterocycles. The van der Waals surface area contributed by atoms with Gasteiger partial charge in [-0.25, -0.2) is 0 Å². The van der Waals surface area contributed by atoms with Gasteiger partial charge in [0.2, 0.25) is 0 Å². The third-order valence-electron chi connectivity index (χ3n) is 5.36. The minimum absolute atomic E-state index is 0.0665. The summed E-state index contributed by atoms with van der Waals surface area (Å²) in [6.45, 7) is 9.11. The Balaban J connectivity index is 2.01. The summed E-state index contributed by atoms with van der Waals surface area (Å²) in [5, 5.41) is 0. The second-order valence-corrected chi connectivity index (χ2v) is 7.20. The monoisotopic (exact) mass is 298 g/mol. The van der Waals surface area contributed by atoms with Crippen LogP contribution in [-0.2, 0) is 5.41 Å². The van der Waals surface area contributed by atoms with Gasteiger partial charge in [-0.05, 0) is 64.4 Å². The Labute approximate surface area is 138 Å². The van der Waals surface area contributed by atoms with E-state index in [1.54, 1.807) is 0 Å². The van der Waals surface area contributed by atoms with E-state index in [0.717, 1.165) is 0 Å². The molecule has 0 atom stereocenters. The minimum atomic E-state index is 0.0665. The molecule has 0 saturated heterocycles. The van der Waals surface area contributed by atoms with Crippen molar-refractivity contribution >= 4 is 0 Å². The van der Waals surface area contributed by atoms with E-state index in [0.29, 0.717) is 0 Å². The Kier molecular flexibility index (Phi) is 2.99. The zero-order valence-electron chi connectivity index (χ0n) is 14.3. The van der Waals surface area contributed by atoms with Gasteiger partial charge in [0.15, 0.2) is 0 Å². The van der Waals surface area contributed by atoms with Gasteiger partial charge in [0.25, 0.3) is 0 Å². The zero-order chi connectivity index (χ0) is 16.2. The van der Waals surface area contributed by atoms with Gasteiger partial charge in [-0.15, -0.1) is 0 Å². The molecule has 0 N–H and O–H groups in total. The van der Waals surface area contributed by atoms with Gasteiger partial charge in [-0.2, -0.15) is 0 Å². The van der Waals surface area contributed by atoms with E-state index < -0.39 is 0 Å². The Morgan fingerprint density at radius 2 is 1.22 bits per heavy atom. The maximum absolute atomic E-state index is 2.42. The van der Waals surface area contributed by atoms with Crippen LogP contribution in [0.25, 0.3) is 22.3 Å². The van der Waals surface area contributed by atoms with Gasteiger partial charge in [-0.1, -0.05) is 68.4 Å². The molecule has 0 heterocycles. The standard InChI is InChI=1S/C23H22/c1-15-9-5-6-10-17(15)19-14-22-20(13-16(19)2)18-11-7-8-12-21(18)23(22,3)4/h5-14H,1-4H3. The van der Waals surface area contributed by atoms with Crippen LogP contribution in [-0.4, -0.2) is 0 Å². The van der Waals surface area contributed by atoms with Crippen molar-refractivity contribution < 1.29 is 0 Å². The molecule has 0 nitrogen and oxygen atoms in total. The molecule has 0 heteroatoms. The van der Waals surface area contributed by atoms with Crippen molar-refractivity contribution in [3.8, 4) is 22.3 Å². The van der Waals surface area contributed by atoms with E-state index in [1.165, 1.54) is 44.5 Å². The number of fused-ring (bicyclic) bond motifs is 3. The molecule has 0 bridgehead atoms. The van der Waals surface area contributed by atoms with Gasteiger partial charge in [-0.3, -0.25) is 0 Å². The summed E-state index contributed by atoms with van der Waals surface area (Å²) in [7, 11) is 0. The first-order valence-corrected chi connectivity index (χ1v) is 8.31. The molecule has 0 unspecified atom stereocenters. The van der Waals surface area contributed by atoms with Crippen LogP contribution < -0.4 is 0 Å². The first-order chi connectivity index (χ1) is 11.0. The lowest BCUT2D eigenvalue weighted by Gasteiger charge is -2.23. The fraction of sp³-hybridized carbons (Fsp3) is 0.217. The highest BCUT2D eigenvalue weighted by molar-refractivity contribution is 5.85. The highest BCUT2D eigenvalue weighted by Crippen LogP contribution is 2.50. The van der Waals surface area contributed by atoms with Crippen molar-refractivity contribution in [1.29, 1.82) is 0 Å². The highest BCUT2D eigenvalue weighted by atomic mass is 14.4. The summed E-state index contributed by atoms with van der Waals surface area (Å²) in [5.74, 6) is 0. The van der Waals surface area contributed by atoms with Crippen molar-refractivity contribution in [3.05, 3.63) is 82.9 Å². The summed E-state index contributed by atoms with van der Waals surface area (Å²) in [6.07, 6.45) is 0. The number of hydrogen-bond acceptors (Lipinski definition) is 0. The molecule has 23 heavy (non-hydrogen) atoms. The summed E-state index contributed by atoms with van der Waals surface area (Å²) >= 11 is 0. The third kappa shape index (κ3) is 1.98. The molecular formula is C23H22.